The SMILES string of the molecule is CCCCCc1cc(O)c2c(c1)OC(C)(C)[C@@H]1CCC(C(=O)O[C@@H]3O[C@H](C(=O)O)[C@@H](O)[C@H](O)[C@H]3O)=C[C@@H]21. The maximum atomic E-state index is 13.0. The van der Waals surface area contributed by atoms with Crippen molar-refractivity contribution in [2.45, 2.75) is 102 Å². The third-order valence-electron chi connectivity index (χ3n) is 7.69. The van der Waals surface area contributed by atoms with Crippen molar-refractivity contribution in [2.24, 2.45) is 5.92 Å². The van der Waals surface area contributed by atoms with Crippen molar-refractivity contribution in [3.8, 4) is 11.5 Å². The number of hydrogen-bond acceptors (Lipinski definition) is 9. The number of rotatable bonds is 7. The van der Waals surface area contributed by atoms with Gasteiger partial charge in [0.25, 0.3) is 0 Å². The molecule has 2 aliphatic heterocycles. The summed E-state index contributed by atoms with van der Waals surface area (Å²) in [5.74, 6) is -2.08. The normalized spacial score (nSPS) is 32.4. The number of esters is 1. The van der Waals surface area contributed by atoms with Crippen LogP contribution in [0.2, 0.25) is 0 Å². The molecule has 1 aliphatic carbocycles. The Hall–Kier alpha value is -2.66. The lowest BCUT2D eigenvalue weighted by Crippen LogP contribution is -2.60. The minimum absolute atomic E-state index is 0.0294. The Morgan fingerprint density at radius 1 is 1.11 bits per heavy atom. The fraction of sp³-hybridized carbons (Fsp3) is 0.630. The number of fused-ring (bicyclic) bond motifs is 3. The molecule has 2 heterocycles. The fourth-order valence-electron chi connectivity index (χ4n) is 5.64. The Kier molecular flexibility index (Phi) is 7.85. The highest BCUT2D eigenvalue weighted by Gasteiger charge is 2.50. The highest BCUT2D eigenvalue weighted by molar-refractivity contribution is 5.89. The maximum absolute atomic E-state index is 13.0. The number of hydrogen-bond donors (Lipinski definition) is 5. The monoisotopic (exact) mass is 520 g/mol. The van der Waals surface area contributed by atoms with Crippen LogP contribution in [0, 0.1) is 5.92 Å². The average molecular weight is 521 g/mol. The molecular weight excluding hydrogens is 484 g/mol. The van der Waals surface area contributed by atoms with E-state index >= 15 is 0 Å². The second kappa shape index (κ2) is 10.6. The summed E-state index contributed by atoms with van der Waals surface area (Å²) in [5.41, 5.74) is 1.30. The molecule has 0 aromatic heterocycles. The molecule has 5 N–H and O–H groups in total. The summed E-state index contributed by atoms with van der Waals surface area (Å²) in [6, 6.07) is 3.70. The van der Waals surface area contributed by atoms with Gasteiger partial charge in [0, 0.05) is 23.0 Å². The second-order valence-corrected chi connectivity index (χ2v) is 10.7. The molecule has 0 unspecified atom stereocenters. The number of allylic oxidation sites excluding steroid dienone is 1. The third kappa shape index (κ3) is 5.34. The first-order chi connectivity index (χ1) is 17.4. The van der Waals surface area contributed by atoms with E-state index in [1.165, 1.54) is 0 Å². The van der Waals surface area contributed by atoms with E-state index in [0.29, 0.717) is 24.2 Å². The number of carboxylic acid groups (broad SMARTS) is 1. The molecule has 3 aliphatic rings. The van der Waals surface area contributed by atoms with E-state index in [2.05, 4.69) is 6.92 Å². The lowest BCUT2D eigenvalue weighted by Gasteiger charge is -2.46. The molecule has 10 nitrogen and oxygen atoms in total. The number of ether oxygens (including phenoxy) is 3. The first-order valence-corrected chi connectivity index (χ1v) is 12.8. The summed E-state index contributed by atoms with van der Waals surface area (Å²) in [7, 11) is 0. The topological polar surface area (TPSA) is 163 Å². The zero-order chi connectivity index (χ0) is 27.1. The number of carbonyl (C=O) groups excluding carboxylic acids is 1. The maximum Gasteiger partial charge on any atom is 0.336 e. The van der Waals surface area contributed by atoms with Gasteiger partial charge in [0.05, 0.1) is 0 Å². The number of phenolic OH excluding ortho intramolecular Hbond substituents is 1. The molecule has 1 saturated heterocycles. The lowest BCUT2D eigenvalue weighted by molar-refractivity contribution is -0.285. The van der Waals surface area contributed by atoms with E-state index in [1.807, 2.05) is 19.9 Å². The van der Waals surface area contributed by atoms with Crippen LogP contribution in [0.25, 0.3) is 0 Å². The first-order valence-electron chi connectivity index (χ1n) is 12.8. The number of unbranched alkanes of at least 4 members (excludes halogenated alkanes) is 2. The number of aliphatic carboxylic acids is 1. The predicted molar refractivity (Wildman–Crippen MR) is 130 cm³/mol. The van der Waals surface area contributed by atoms with Crippen LogP contribution >= 0.6 is 0 Å². The summed E-state index contributed by atoms with van der Waals surface area (Å²) < 4.78 is 16.7. The number of aromatic hydroxyl groups is 1. The van der Waals surface area contributed by atoms with Gasteiger partial charge in [0.1, 0.15) is 35.4 Å². The van der Waals surface area contributed by atoms with Crippen molar-refractivity contribution in [1.82, 2.24) is 0 Å². The predicted octanol–water partition coefficient (Wildman–Crippen LogP) is 2.15. The number of aryl methyl sites for hydroxylation is 1. The van der Waals surface area contributed by atoms with E-state index in [1.54, 1.807) is 12.1 Å². The molecule has 0 spiro atoms. The Bertz CT molecular complexity index is 1060. The molecule has 0 amide bonds. The minimum Gasteiger partial charge on any atom is -0.507 e. The largest absolute Gasteiger partial charge is 0.507 e. The highest BCUT2D eigenvalue weighted by Crippen LogP contribution is 2.53. The van der Waals surface area contributed by atoms with Crippen molar-refractivity contribution in [2.75, 3.05) is 0 Å². The van der Waals surface area contributed by atoms with Crippen LogP contribution in [0.4, 0.5) is 0 Å². The fourth-order valence-corrected chi connectivity index (χ4v) is 5.64. The van der Waals surface area contributed by atoms with E-state index in [4.69, 9.17) is 14.2 Å². The van der Waals surface area contributed by atoms with E-state index in [-0.39, 0.29) is 23.2 Å². The van der Waals surface area contributed by atoms with Crippen LogP contribution in [-0.4, -0.2) is 73.8 Å². The van der Waals surface area contributed by atoms with Gasteiger partial charge >= 0.3 is 11.9 Å². The second-order valence-electron chi connectivity index (χ2n) is 10.7. The third-order valence-corrected chi connectivity index (χ3v) is 7.69. The number of phenols is 1. The average Bonchev–Trinajstić information content (AvgIpc) is 2.83. The highest BCUT2D eigenvalue weighted by atomic mass is 16.7. The molecule has 37 heavy (non-hydrogen) atoms. The van der Waals surface area contributed by atoms with Crippen LogP contribution in [0.1, 0.15) is 69.9 Å². The van der Waals surface area contributed by atoms with Crippen molar-refractivity contribution in [1.29, 1.82) is 0 Å². The van der Waals surface area contributed by atoms with Gasteiger partial charge in [-0.15, -0.1) is 0 Å². The molecule has 1 fully saturated rings. The van der Waals surface area contributed by atoms with Crippen LogP contribution in [0.15, 0.2) is 23.8 Å². The van der Waals surface area contributed by atoms with Crippen molar-refractivity contribution >= 4 is 11.9 Å². The molecule has 204 valence electrons. The molecule has 10 heteroatoms. The summed E-state index contributed by atoms with van der Waals surface area (Å²) >= 11 is 0. The molecule has 7 atom stereocenters. The smallest absolute Gasteiger partial charge is 0.336 e. The van der Waals surface area contributed by atoms with Crippen molar-refractivity contribution < 1.29 is 49.3 Å². The summed E-state index contributed by atoms with van der Waals surface area (Å²) in [5, 5.41) is 50.3. The van der Waals surface area contributed by atoms with Gasteiger partial charge in [-0.1, -0.05) is 25.8 Å². The molecule has 0 saturated carbocycles. The Balaban J connectivity index is 1.59. The Morgan fingerprint density at radius 3 is 2.51 bits per heavy atom. The number of benzene rings is 1. The van der Waals surface area contributed by atoms with E-state index in [9.17, 15) is 35.1 Å². The summed E-state index contributed by atoms with van der Waals surface area (Å²) in [6.07, 6.45) is -2.61. The minimum atomic E-state index is -1.88. The Labute approximate surface area is 215 Å². The molecule has 1 aromatic rings. The molecule has 1 aromatic carbocycles. The number of carbonyl (C=O) groups is 2. The number of aliphatic hydroxyl groups excluding tert-OH is 3. The van der Waals surface area contributed by atoms with Crippen LogP contribution in [-0.2, 0) is 25.5 Å². The van der Waals surface area contributed by atoms with Crippen LogP contribution in [0.5, 0.6) is 11.5 Å². The Morgan fingerprint density at radius 2 is 1.84 bits per heavy atom. The standard InChI is InChI=1S/C27H36O10/c1-4-5-6-7-13-10-17(28)19-15-12-14(8-9-16(15)27(2,3)37-18(19)11-13)25(34)36-26-22(31)20(29)21(30)23(35-26)24(32)33/h10-12,15-16,20-23,26,28-31H,4-9H2,1-3H3,(H,32,33)/t15-,16-,20+,21+,22-,23+,26+/m1/s1. The van der Waals surface area contributed by atoms with Gasteiger partial charge < -0.3 is 39.7 Å². The number of aliphatic hydroxyl groups is 3. The summed E-state index contributed by atoms with van der Waals surface area (Å²) in [6.45, 7) is 6.10. The van der Waals surface area contributed by atoms with Gasteiger partial charge in [-0.05, 0) is 57.2 Å². The van der Waals surface area contributed by atoms with Gasteiger partial charge in [0.2, 0.25) is 6.29 Å². The molecular formula is C27H36O10. The van der Waals surface area contributed by atoms with Crippen LogP contribution in [0.3, 0.4) is 0 Å². The zero-order valence-corrected chi connectivity index (χ0v) is 21.3. The zero-order valence-electron chi connectivity index (χ0n) is 21.3. The lowest BCUT2D eigenvalue weighted by atomic mass is 9.67. The molecule has 4 rings (SSSR count). The molecule has 0 bridgehead atoms. The van der Waals surface area contributed by atoms with E-state index in [0.717, 1.165) is 31.2 Å². The molecule has 0 radical (unpaired) electrons. The van der Waals surface area contributed by atoms with E-state index < -0.39 is 48.2 Å². The van der Waals surface area contributed by atoms with Crippen LogP contribution < -0.4 is 4.74 Å². The number of carboxylic acids is 1. The van der Waals surface area contributed by atoms with Gasteiger partial charge in [0.15, 0.2) is 6.10 Å². The quantitative estimate of drug-likeness (QED) is 0.266. The van der Waals surface area contributed by atoms with Crippen molar-refractivity contribution in [3.05, 3.63) is 34.9 Å². The van der Waals surface area contributed by atoms with Gasteiger partial charge in [-0.25, -0.2) is 9.59 Å². The van der Waals surface area contributed by atoms with Crippen molar-refractivity contribution in [3.63, 3.8) is 0 Å². The summed E-state index contributed by atoms with van der Waals surface area (Å²) in [4.78, 5) is 24.4. The van der Waals surface area contributed by atoms with Gasteiger partial charge in [-0.3, -0.25) is 0 Å². The van der Waals surface area contributed by atoms with Gasteiger partial charge in [-0.2, -0.15) is 0 Å². The first kappa shape index (κ1) is 27.4.